The number of amides is 1. The standard InChI is InChI=1S/C31H43N3O10S/c1-5-42-30(36)25(12-11-22-9-7-6-8-10-22)32-21(2)29(35)33-20-24-19-28(41-4)27(40-3)18-23(24)17-26(33)31(37)43-13-15-45-16-14-44-34(38)39/h6-10,18-19,21,25-26,32,38-39H,5,11-17,20H2,1-4H3. The van der Waals surface area contributed by atoms with E-state index in [2.05, 4.69) is 10.2 Å². The fourth-order valence-corrected chi connectivity index (χ4v) is 5.62. The zero-order chi connectivity index (χ0) is 32.8. The van der Waals surface area contributed by atoms with Crippen LogP contribution in [0.15, 0.2) is 42.5 Å². The number of hydrogen-bond donors (Lipinski definition) is 3. The van der Waals surface area contributed by atoms with Crippen LogP contribution in [0.2, 0.25) is 0 Å². The number of carbonyl (C=O) groups is 3. The number of nitrogens with zero attached hydrogens (tertiary/aromatic N) is 2. The van der Waals surface area contributed by atoms with E-state index in [0.29, 0.717) is 35.8 Å². The SMILES string of the molecule is CCOC(=O)C(CCc1ccccc1)NC(C)C(=O)N1Cc2cc(OC)c(OC)cc2CC1C(=O)OCCSCCON(O)O. The molecule has 0 spiro atoms. The zero-order valence-electron chi connectivity index (χ0n) is 26.1. The van der Waals surface area contributed by atoms with Gasteiger partial charge in [-0.3, -0.25) is 25.3 Å². The second kappa shape index (κ2) is 18.5. The highest BCUT2D eigenvalue weighted by Crippen LogP contribution is 2.35. The van der Waals surface area contributed by atoms with Crippen molar-refractivity contribution in [3.05, 3.63) is 59.2 Å². The summed E-state index contributed by atoms with van der Waals surface area (Å²) in [6.45, 7) is 3.87. The van der Waals surface area contributed by atoms with Gasteiger partial charge in [0.25, 0.3) is 0 Å². The van der Waals surface area contributed by atoms with Crippen molar-refractivity contribution in [3.63, 3.8) is 0 Å². The summed E-state index contributed by atoms with van der Waals surface area (Å²) in [6, 6.07) is 10.9. The third kappa shape index (κ3) is 10.9. The highest BCUT2D eigenvalue weighted by Gasteiger charge is 2.39. The van der Waals surface area contributed by atoms with Crippen LogP contribution in [-0.2, 0) is 48.1 Å². The van der Waals surface area contributed by atoms with Gasteiger partial charge in [-0.05, 0) is 55.5 Å². The van der Waals surface area contributed by atoms with E-state index in [4.69, 9.17) is 29.4 Å². The van der Waals surface area contributed by atoms with Crippen LogP contribution in [0.25, 0.3) is 0 Å². The zero-order valence-corrected chi connectivity index (χ0v) is 26.9. The van der Waals surface area contributed by atoms with Gasteiger partial charge >= 0.3 is 11.9 Å². The number of esters is 2. The number of hydrogen-bond acceptors (Lipinski definition) is 13. The molecule has 0 aromatic heterocycles. The first-order valence-corrected chi connectivity index (χ1v) is 15.9. The van der Waals surface area contributed by atoms with Gasteiger partial charge in [0.15, 0.2) is 11.5 Å². The summed E-state index contributed by atoms with van der Waals surface area (Å²) in [5, 5.41) is 20.0. The Hall–Kier alpha value is -3.40. The summed E-state index contributed by atoms with van der Waals surface area (Å²) >= 11 is 1.39. The second-order valence-electron chi connectivity index (χ2n) is 10.2. The Morgan fingerprint density at radius 1 is 1.02 bits per heavy atom. The molecule has 0 radical (unpaired) electrons. The third-order valence-corrected chi connectivity index (χ3v) is 8.17. The van der Waals surface area contributed by atoms with Crippen LogP contribution in [0, 0.1) is 0 Å². The van der Waals surface area contributed by atoms with Gasteiger partial charge in [0.1, 0.15) is 18.7 Å². The number of methoxy groups -OCH3 is 2. The van der Waals surface area contributed by atoms with Crippen LogP contribution in [-0.4, -0.2) is 102 Å². The lowest BCUT2D eigenvalue weighted by Gasteiger charge is -2.37. The van der Waals surface area contributed by atoms with Crippen molar-refractivity contribution in [3.8, 4) is 11.5 Å². The molecule has 3 N–H and O–H groups in total. The summed E-state index contributed by atoms with van der Waals surface area (Å²) in [6.07, 6.45) is 1.23. The number of fused-ring (bicyclic) bond motifs is 1. The number of carbonyl (C=O) groups excluding carboxylic acids is 3. The summed E-state index contributed by atoms with van der Waals surface area (Å²) in [5.41, 5.74) is 2.69. The Labute approximate surface area is 267 Å². The van der Waals surface area contributed by atoms with E-state index in [9.17, 15) is 14.4 Å². The van der Waals surface area contributed by atoms with Crippen LogP contribution in [0.4, 0.5) is 0 Å². The fourth-order valence-electron chi connectivity index (χ4n) is 5.02. The lowest BCUT2D eigenvalue weighted by molar-refractivity contribution is -0.490. The fraction of sp³-hybridized carbons (Fsp3) is 0.516. The van der Waals surface area contributed by atoms with Crippen LogP contribution < -0.4 is 14.8 Å². The largest absolute Gasteiger partial charge is 0.493 e. The normalized spacial score (nSPS) is 15.6. The molecule has 13 nitrogen and oxygen atoms in total. The summed E-state index contributed by atoms with van der Waals surface area (Å²) in [5.74, 6) is 0.523. The predicted octanol–water partition coefficient (Wildman–Crippen LogP) is 2.79. The molecule has 0 saturated heterocycles. The first-order valence-electron chi connectivity index (χ1n) is 14.7. The quantitative estimate of drug-likeness (QED) is 0.123. The van der Waals surface area contributed by atoms with Crippen molar-refractivity contribution in [2.45, 2.75) is 57.8 Å². The van der Waals surface area contributed by atoms with E-state index >= 15 is 0 Å². The van der Waals surface area contributed by atoms with Gasteiger partial charge in [0.2, 0.25) is 5.91 Å². The van der Waals surface area contributed by atoms with Crippen molar-refractivity contribution >= 4 is 29.6 Å². The summed E-state index contributed by atoms with van der Waals surface area (Å²) in [4.78, 5) is 46.2. The Morgan fingerprint density at radius 2 is 1.69 bits per heavy atom. The molecule has 3 rings (SSSR count). The van der Waals surface area contributed by atoms with Crippen molar-refractivity contribution in [1.82, 2.24) is 15.6 Å². The topological polar surface area (TPSA) is 156 Å². The average molecular weight is 650 g/mol. The molecule has 1 aliphatic rings. The van der Waals surface area contributed by atoms with Crippen LogP contribution in [0.1, 0.15) is 37.0 Å². The van der Waals surface area contributed by atoms with Gasteiger partial charge in [-0.15, -0.1) is 0 Å². The Bertz CT molecular complexity index is 1250. The van der Waals surface area contributed by atoms with Crippen molar-refractivity contribution in [2.75, 3.05) is 45.5 Å². The number of ether oxygens (including phenoxy) is 4. The van der Waals surface area contributed by atoms with Crippen LogP contribution in [0.5, 0.6) is 11.5 Å². The van der Waals surface area contributed by atoms with Gasteiger partial charge in [-0.1, -0.05) is 30.3 Å². The maximum absolute atomic E-state index is 14.0. The number of thioether (sulfide) groups is 1. The highest BCUT2D eigenvalue weighted by molar-refractivity contribution is 7.99. The van der Waals surface area contributed by atoms with E-state index in [1.807, 2.05) is 30.3 Å². The number of nitrogens with one attached hydrogen (secondary N) is 1. The Balaban J connectivity index is 1.76. The molecule has 3 atom stereocenters. The lowest BCUT2D eigenvalue weighted by Crippen LogP contribution is -2.56. The maximum atomic E-state index is 14.0. The van der Waals surface area contributed by atoms with Gasteiger partial charge in [0, 0.05) is 24.5 Å². The summed E-state index contributed by atoms with van der Waals surface area (Å²) < 4.78 is 21.8. The molecule has 2 aromatic rings. The molecule has 14 heteroatoms. The second-order valence-corrected chi connectivity index (χ2v) is 11.5. The van der Waals surface area contributed by atoms with Crippen molar-refractivity contribution in [2.24, 2.45) is 0 Å². The molecule has 3 unspecified atom stereocenters. The molecule has 45 heavy (non-hydrogen) atoms. The van der Waals surface area contributed by atoms with E-state index in [1.165, 1.54) is 30.9 Å². The monoisotopic (exact) mass is 649 g/mol. The molecular weight excluding hydrogens is 606 g/mol. The average Bonchev–Trinajstić information content (AvgIpc) is 3.04. The van der Waals surface area contributed by atoms with Crippen molar-refractivity contribution < 1.29 is 48.6 Å². The minimum absolute atomic E-state index is 0.0572. The molecule has 0 bridgehead atoms. The van der Waals surface area contributed by atoms with Gasteiger partial charge in [0.05, 0.1) is 38.9 Å². The number of aryl methyl sites for hydroxylation is 1. The van der Waals surface area contributed by atoms with E-state index < -0.39 is 30.1 Å². The summed E-state index contributed by atoms with van der Waals surface area (Å²) in [7, 11) is 3.06. The Morgan fingerprint density at radius 3 is 2.33 bits per heavy atom. The molecular formula is C31H43N3O10S. The Kier molecular flexibility index (Phi) is 14.9. The van der Waals surface area contributed by atoms with Gasteiger partial charge in [-0.25, -0.2) is 9.63 Å². The molecule has 2 aromatic carbocycles. The van der Waals surface area contributed by atoms with Crippen LogP contribution in [0.3, 0.4) is 0 Å². The van der Waals surface area contributed by atoms with Crippen LogP contribution >= 0.6 is 11.8 Å². The molecule has 1 amide bonds. The van der Waals surface area contributed by atoms with Crippen molar-refractivity contribution in [1.29, 1.82) is 0 Å². The van der Waals surface area contributed by atoms with E-state index in [0.717, 1.165) is 16.7 Å². The predicted molar refractivity (Wildman–Crippen MR) is 165 cm³/mol. The minimum Gasteiger partial charge on any atom is -0.493 e. The molecule has 1 heterocycles. The molecule has 0 aliphatic carbocycles. The van der Waals surface area contributed by atoms with E-state index in [1.54, 1.807) is 26.0 Å². The maximum Gasteiger partial charge on any atom is 0.329 e. The first-order chi connectivity index (χ1) is 21.7. The van der Waals surface area contributed by atoms with Gasteiger partial charge in [-0.2, -0.15) is 11.8 Å². The molecule has 248 valence electrons. The van der Waals surface area contributed by atoms with Gasteiger partial charge < -0.3 is 23.8 Å². The highest BCUT2D eigenvalue weighted by atomic mass is 32.2. The number of rotatable bonds is 18. The lowest BCUT2D eigenvalue weighted by atomic mass is 9.92. The first kappa shape index (κ1) is 36.1. The third-order valence-electron chi connectivity index (χ3n) is 7.25. The molecule has 1 aliphatic heterocycles. The number of benzene rings is 2. The van der Waals surface area contributed by atoms with E-state index in [-0.39, 0.29) is 44.1 Å². The smallest absolute Gasteiger partial charge is 0.329 e. The molecule has 0 fully saturated rings. The molecule has 0 saturated carbocycles. The minimum atomic E-state index is -0.914.